The summed E-state index contributed by atoms with van der Waals surface area (Å²) in [4.78, 5) is 46.1. The highest BCUT2D eigenvalue weighted by Crippen LogP contribution is 2.40. The van der Waals surface area contributed by atoms with E-state index in [9.17, 15) is 14.4 Å². The smallest absolute Gasteiger partial charge is 0.413 e. The Morgan fingerprint density at radius 3 is 2.43 bits per heavy atom. The number of hydrogen-bond donors (Lipinski definition) is 3. The van der Waals surface area contributed by atoms with Gasteiger partial charge in [-0.25, -0.2) is 23.8 Å². The van der Waals surface area contributed by atoms with Crippen molar-refractivity contribution in [2.24, 2.45) is 0 Å². The van der Waals surface area contributed by atoms with Crippen molar-refractivity contribution >= 4 is 65.8 Å². The standard InChI is InChI=1S/C36H52ClN9O6Si/c1-22(39-32(47)27-30(41-34(49)52-36(5,6)7)43-46-14-11-13-38-31(27)46)24-18-26(37)25-20-45(21-50-16-17-53(8,9)10)42-28(25)29(24)44-15-12-23(19-44)40-33(48)51-35(2,3)4/h11,13-14,18,20,22-23H,12,15-17,19,21H2,1-10H3,(H,39,47)(H,40,48)(H,41,43,49)/t22?,23-/m1/s1. The summed E-state index contributed by atoms with van der Waals surface area (Å²) in [5.74, 6) is -0.522. The van der Waals surface area contributed by atoms with Crippen molar-refractivity contribution in [1.29, 1.82) is 0 Å². The molecule has 0 bridgehead atoms. The van der Waals surface area contributed by atoms with Gasteiger partial charge in [0, 0.05) is 57.3 Å². The Balaban J connectivity index is 1.48. The molecule has 1 aromatic carbocycles. The molecule has 288 valence electrons. The number of ether oxygens (including phenoxy) is 3. The van der Waals surface area contributed by atoms with Gasteiger partial charge in [0.25, 0.3) is 5.91 Å². The molecule has 1 fully saturated rings. The third-order valence-electron chi connectivity index (χ3n) is 8.30. The molecule has 4 heterocycles. The number of alkyl carbamates (subject to hydrolysis) is 1. The minimum Gasteiger partial charge on any atom is -0.444 e. The van der Waals surface area contributed by atoms with Crippen molar-refractivity contribution in [3.63, 3.8) is 0 Å². The average Bonchev–Trinajstić information content (AvgIpc) is 3.74. The van der Waals surface area contributed by atoms with Crippen molar-refractivity contribution in [3.05, 3.63) is 46.9 Å². The maximum atomic E-state index is 14.1. The maximum Gasteiger partial charge on any atom is 0.413 e. The van der Waals surface area contributed by atoms with E-state index in [0.717, 1.165) is 17.1 Å². The Hall–Kier alpha value is -4.41. The number of nitrogens with zero attached hydrogens (tertiary/aromatic N) is 6. The quantitative estimate of drug-likeness (QED) is 0.107. The van der Waals surface area contributed by atoms with E-state index in [1.807, 2.05) is 40.0 Å². The van der Waals surface area contributed by atoms with Gasteiger partial charge < -0.3 is 29.7 Å². The largest absolute Gasteiger partial charge is 0.444 e. The van der Waals surface area contributed by atoms with Gasteiger partial charge in [-0.05, 0) is 73.1 Å². The van der Waals surface area contributed by atoms with E-state index < -0.39 is 43.4 Å². The molecule has 1 aliphatic heterocycles. The molecule has 0 radical (unpaired) electrons. The summed E-state index contributed by atoms with van der Waals surface area (Å²) in [5, 5.41) is 19.2. The normalized spacial score (nSPS) is 15.8. The van der Waals surface area contributed by atoms with Gasteiger partial charge in [-0.3, -0.25) is 10.1 Å². The van der Waals surface area contributed by atoms with Gasteiger partial charge in [0.1, 0.15) is 29.0 Å². The highest BCUT2D eigenvalue weighted by molar-refractivity contribution is 6.76. The van der Waals surface area contributed by atoms with Crippen LogP contribution >= 0.6 is 11.6 Å². The Labute approximate surface area is 316 Å². The van der Waals surface area contributed by atoms with Crippen molar-refractivity contribution < 1.29 is 28.6 Å². The van der Waals surface area contributed by atoms with Crippen molar-refractivity contribution in [1.82, 2.24) is 35.0 Å². The van der Waals surface area contributed by atoms with E-state index in [2.05, 4.69) is 50.6 Å². The second-order valence-corrected chi connectivity index (χ2v) is 22.6. The van der Waals surface area contributed by atoms with E-state index >= 15 is 0 Å². The SMILES string of the molecule is CC(NC(=O)c1c(NC(=O)OC(C)(C)C)nn2cccnc12)c1cc(Cl)c2cn(COCC[Si](C)(C)C)nc2c1N1CC[C@@H](NC(=O)OC(C)(C)C)C1. The fourth-order valence-corrected chi connectivity index (χ4v) is 6.95. The van der Waals surface area contributed by atoms with Crippen molar-refractivity contribution in [2.45, 2.75) is 111 Å². The van der Waals surface area contributed by atoms with Gasteiger partial charge in [0.2, 0.25) is 0 Å². The second kappa shape index (κ2) is 15.5. The lowest BCUT2D eigenvalue weighted by atomic mass is 10.0. The van der Waals surface area contributed by atoms with Crippen LogP contribution < -0.4 is 20.9 Å². The highest BCUT2D eigenvalue weighted by atomic mass is 35.5. The van der Waals surface area contributed by atoms with Crippen LogP contribution in [-0.2, 0) is 20.9 Å². The van der Waals surface area contributed by atoms with Crippen LogP contribution in [0, 0.1) is 0 Å². The molecule has 1 unspecified atom stereocenters. The van der Waals surface area contributed by atoms with Crippen LogP contribution in [-0.4, -0.2) is 87.5 Å². The number of nitrogens with one attached hydrogen (secondary N) is 3. The van der Waals surface area contributed by atoms with Crippen LogP contribution in [0.4, 0.5) is 21.1 Å². The predicted molar refractivity (Wildman–Crippen MR) is 208 cm³/mol. The summed E-state index contributed by atoms with van der Waals surface area (Å²) in [6.07, 6.45) is 4.47. The van der Waals surface area contributed by atoms with Crippen molar-refractivity contribution in [2.75, 3.05) is 29.9 Å². The first-order valence-corrected chi connectivity index (χ1v) is 21.9. The van der Waals surface area contributed by atoms with Gasteiger partial charge >= 0.3 is 12.2 Å². The maximum absolute atomic E-state index is 14.1. The molecule has 1 aliphatic rings. The molecule has 2 atom stereocenters. The minimum absolute atomic E-state index is 0.000157. The molecule has 1 saturated heterocycles. The number of benzene rings is 1. The molecule has 53 heavy (non-hydrogen) atoms. The monoisotopic (exact) mass is 769 g/mol. The molecular formula is C36H52ClN9O6Si. The molecule has 15 nitrogen and oxygen atoms in total. The zero-order valence-electron chi connectivity index (χ0n) is 32.3. The molecule has 0 saturated carbocycles. The third-order valence-corrected chi connectivity index (χ3v) is 10.3. The number of aromatic nitrogens is 5. The lowest BCUT2D eigenvalue weighted by Gasteiger charge is -2.27. The first kappa shape index (κ1) is 39.8. The summed E-state index contributed by atoms with van der Waals surface area (Å²) in [7, 11) is -1.28. The van der Waals surface area contributed by atoms with E-state index in [1.54, 1.807) is 43.9 Å². The number of fused-ring (bicyclic) bond motifs is 2. The zero-order valence-corrected chi connectivity index (χ0v) is 34.1. The topological polar surface area (TPSA) is 166 Å². The van der Waals surface area contributed by atoms with Gasteiger partial charge in [-0.1, -0.05) is 31.2 Å². The van der Waals surface area contributed by atoms with Crippen LogP contribution in [0.15, 0.2) is 30.7 Å². The average molecular weight is 770 g/mol. The fraction of sp³-hybridized carbons (Fsp3) is 0.556. The van der Waals surface area contributed by atoms with Gasteiger partial charge in [-0.2, -0.15) is 5.10 Å². The van der Waals surface area contributed by atoms with E-state index in [0.29, 0.717) is 42.2 Å². The Morgan fingerprint density at radius 2 is 1.75 bits per heavy atom. The molecule has 3 amide bonds. The fourth-order valence-electron chi connectivity index (χ4n) is 5.94. The third kappa shape index (κ3) is 10.4. The molecule has 3 aromatic heterocycles. The van der Waals surface area contributed by atoms with Gasteiger partial charge in [0.05, 0.1) is 22.8 Å². The molecule has 0 spiro atoms. The Bertz CT molecular complexity index is 1980. The Kier molecular flexibility index (Phi) is 11.6. The van der Waals surface area contributed by atoms with Gasteiger partial charge in [0.15, 0.2) is 11.5 Å². The van der Waals surface area contributed by atoms with Gasteiger partial charge in [-0.15, -0.1) is 5.10 Å². The molecule has 3 N–H and O–H groups in total. The molecule has 0 aliphatic carbocycles. The predicted octanol–water partition coefficient (Wildman–Crippen LogP) is 6.99. The number of halogens is 1. The van der Waals surface area contributed by atoms with Crippen LogP contribution in [0.3, 0.4) is 0 Å². The molecule has 4 aromatic rings. The molecular weight excluding hydrogens is 718 g/mol. The Morgan fingerprint density at radius 1 is 1.06 bits per heavy atom. The second-order valence-electron chi connectivity index (χ2n) is 16.6. The molecule has 5 rings (SSSR count). The van der Waals surface area contributed by atoms with Crippen LogP contribution in [0.25, 0.3) is 16.6 Å². The summed E-state index contributed by atoms with van der Waals surface area (Å²) < 4.78 is 20.1. The van der Waals surface area contributed by atoms with Crippen molar-refractivity contribution in [3.8, 4) is 0 Å². The van der Waals surface area contributed by atoms with Crippen LogP contribution in [0.2, 0.25) is 30.7 Å². The highest BCUT2D eigenvalue weighted by Gasteiger charge is 2.32. The number of anilines is 2. The number of carbonyl (C=O) groups excluding carboxylic acids is 3. The number of hydrogen-bond acceptors (Lipinski definition) is 10. The van der Waals surface area contributed by atoms with E-state index in [1.165, 1.54) is 4.52 Å². The van der Waals surface area contributed by atoms with E-state index in [-0.39, 0.29) is 29.8 Å². The molecule has 17 heteroatoms. The lowest BCUT2D eigenvalue weighted by Crippen LogP contribution is -2.40. The number of amides is 3. The summed E-state index contributed by atoms with van der Waals surface area (Å²) in [6, 6.07) is 3.74. The first-order valence-electron chi connectivity index (χ1n) is 17.8. The number of rotatable bonds is 11. The van der Waals surface area contributed by atoms with Crippen LogP contribution in [0.5, 0.6) is 0 Å². The van der Waals surface area contributed by atoms with Crippen LogP contribution in [0.1, 0.15) is 76.9 Å². The summed E-state index contributed by atoms with van der Waals surface area (Å²) in [5.41, 5.74) is 1.05. The lowest BCUT2D eigenvalue weighted by molar-refractivity contribution is 0.0507. The zero-order chi connectivity index (χ0) is 38.9. The number of carbonyl (C=O) groups is 3. The minimum atomic E-state index is -1.28. The summed E-state index contributed by atoms with van der Waals surface area (Å²) >= 11 is 6.95. The van der Waals surface area contributed by atoms with E-state index in [4.69, 9.17) is 30.9 Å². The first-order chi connectivity index (χ1) is 24.7. The summed E-state index contributed by atoms with van der Waals surface area (Å²) in [6.45, 7) is 21.4.